The molecule has 0 spiro atoms. The Labute approximate surface area is 92.2 Å². The SMILES string of the molecule is CC(Nc1ccc(N)nn1)c1ccsc1. The second-order valence-corrected chi connectivity index (χ2v) is 4.05. The van der Waals surface area contributed by atoms with Crippen LogP contribution in [0.15, 0.2) is 29.0 Å². The maximum absolute atomic E-state index is 5.45. The Morgan fingerprint density at radius 2 is 2.20 bits per heavy atom. The summed E-state index contributed by atoms with van der Waals surface area (Å²) in [5, 5.41) is 15.1. The highest BCUT2D eigenvalue weighted by atomic mass is 32.1. The summed E-state index contributed by atoms with van der Waals surface area (Å²) in [6.45, 7) is 2.08. The van der Waals surface area contributed by atoms with E-state index in [-0.39, 0.29) is 6.04 Å². The van der Waals surface area contributed by atoms with Crippen LogP contribution in [0.5, 0.6) is 0 Å². The first kappa shape index (κ1) is 9.92. The first-order chi connectivity index (χ1) is 7.25. The molecule has 0 aromatic carbocycles. The molecule has 1 unspecified atom stereocenters. The highest BCUT2D eigenvalue weighted by Gasteiger charge is 2.05. The second-order valence-electron chi connectivity index (χ2n) is 3.27. The van der Waals surface area contributed by atoms with Gasteiger partial charge in [-0.05, 0) is 41.4 Å². The third-order valence-corrected chi connectivity index (χ3v) is 2.79. The molecule has 0 aliphatic heterocycles. The van der Waals surface area contributed by atoms with E-state index < -0.39 is 0 Å². The van der Waals surface area contributed by atoms with E-state index >= 15 is 0 Å². The third-order valence-electron chi connectivity index (χ3n) is 2.09. The Morgan fingerprint density at radius 1 is 1.33 bits per heavy atom. The van der Waals surface area contributed by atoms with Gasteiger partial charge in [-0.2, -0.15) is 11.3 Å². The van der Waals surface area contributed by atoms with Crippen molar-refractivity contribution >= 4 is 23.0 Å². The summed E-state index contributed by atoms with van der Waals surface area (Å²) in [4.78, 5) is 0. The number of nitrogens with zero attached hydrogens (tertiary/aromatic N) is 2. The lowest BCUT2D eigenvalue weighted by Crippen LogP contribution is -2.07. The molecule has 0 amide bonds. The number of nitrogen functional groups attached to an aromatic ring is 1. The van der Waals surface area contributed by atoms with Crippen molar-refractivity contribution in [1.29, 1.82) is 0 Å². The van der Waals surface area contributed by atoms with Gasteiger partial charge in [-0.15, -0.1) is 10.2 Å². The van der Waals surface area contributed by atoms with Crippen molar-refractivity contribution in [2.75, 3.05) is 11.1 Å². The number of nitrogens with two attached hydrogens (primary N) is 1. The molecule has 2 rings (SSSR count). The van der Waals surface area contributed by atoms with Crippen molar-refractivity contribution in [2.45, 2.75) is 13.0 Å². The number of anilines is 2. The molecule has 0 aliphatic rings. The van der Waals surface area contributed by atoms with Gasteiger partial charge in [-0.25, -0.2) is 0 Å². The van der Waals surface area contributed by atoms with Crippen LogP contribution in [0.1, 0.15) is 18.5 Å². The number of aromatic nitrogens is 2. The molecular weight excluding hydrogens is 208 g/mol. The van der Waals surface area contributed by atoms with Crippen LogP contribution in [-0.4, -0.2) is 10.2 Å². The van der Waals surface area contributed by atoms with Crippen LogP contribution in [0, 0.1) is 0 Å². The lowest BCUT2D eigenvalue weighted by Gasteiger charge is -2.12. The van der Waals surface area contributed by atoms with E-state index in [0.29, 0.717) is 5.82 Å². The molecule has 5 heteroatoms. The summed E-state index contributed by atoms with van der Waals surface area (Å²) in [5.41, 5.74) is 6.70. The zero-order valence-corrected chi connectivity index (χ0v) is 9.16. The monoisotopic (exact) mass is 220 g/mol. The van der Waals surface area contributed by atoms with Gasteiger partial charge in [0.2, 0.25) is 0 Å². The first-order valence-corrected chi connectivity index (χ1v) is 5.58. The smallest absolute Gasteiger partial charge is 0.149 e. The predicted octanol–water partition coefficient (Wildman–Crippen LogP) is 2.29. The fourth-order valence-electron chi connectivity index (χ4n) is 1.25. The van der Waals surface area contributed by atoms with E-state index in [9.17, 15) is 0 Å². The standard InChI is InChI=1S/C10H12N4S/c1-7(8-4-5-15-6-8)12-10-3-2-9(11)13-14-10/h2-7H,1H3,(H2,11,13)(H,12,14). The average molecular weight is 220 g/mol. The zero-order chi connectivity index (χ0) is 10.7. The van der Waals surface area contributed by atoms with Crippen LogP contribution < -0.4 is 11.1 Å². The number of hydrogen-bond acceptors (Lipinski definition) is 5. The number of thiophene rings is 1. The summed E-state index contributed by atoms with van der Waals surface area (Å²) >= 11 is 1.68. The van der Waals surface area contributed by atoms with Crippen LogP contribution in [0.25, 0.3) is 0 Å². The lowest BCUT2D eigenvalue weighted by molar-refractivity contribution is 0.866. The van der Waals surface area contributed by atoms with Gasteiger partial charge in [0, 0.05) is 0 Å². The highest BCUT2D eigenvalue weighted by Crippen LogP contribution is 2.19. The maximum Gasteiger partial charge on any atom is 0.149 e. The minimum Gasteiger partial charge on any atom is -0.382 e. The molecule has 78 valence electrons. The molecule has 1 atom stereocenters. The van der Waals surface area contributed by atoms with Gasteiger partial charge in [-0.3, -0.25) is 0 Å². The molecule has 0 radical (unpaired) electrons. The van der Waals surface area contributed by atoms with Gasteiger partial charge in [-0.1, -0.05) is 0 Å². The lowest BCUT2D eigenvalue weighted by atomic mass is 10.2. The Hall–Kier alpha value is -1.62. The van der Waals surface area contributed by atoms with Crippen LogP contribution in [0.4, 0.5) is 11.6 Å². The van der Waals surface area contributed by atoms with E-state index in [1.54, 1.807) is 17.4 Å². The van der Waals surface area contributed by atoms with Crippen molar-refractivity contribution in [1.82, 2.24) is 10.2 Å². The predicted molar refractivity (Wildman–Crippen MR) is 62.8 cm³/mol. The van der Waals surface area contributed by atoms with Crippen molar-refractivity contribution in [3.8, 4) is 0 Å². The number of rotatable bonds is 3. The fourth-order valence-corrected chi connectivity index (χ4v) is 2.00. The number of nitrogens with one attached hydrogen (secondary N) is 1. The zero-order valence-electron chi connectivity index (χ0n) is 8.34. The molecule has 2 aromatic rings. The normalized spacial score (nSPS) is 12.3. The third kappa shape index (κ3) is 2.44. The Kier molecular flexibility index (Phi) is 2.82. The molecule has 0 fully saturated rings. The van der Waals surface area contributed by atoms with Gasteiger partial charge in [0.25, 0.3) is 0 Å². The Bertz CT molecular complexity index is 409. The van der Waals surface area contributed by atoms with Gasteiger partial charge >= 0.3 is 0 Å². The molecule has 2 heterocycles. The molecule has 0 aliphatic carbocycles. The minimum atomic E-state index is 0.231. The fraction of sp³-hybridized carbons (Fsp3) is 0.200. The maximum atomic E-state index is 5.45. The van der Waals surface area contributed by atoms with Crippen LogP contribution in [-0.2, 0) is 0 Å². The molecule has 3 N–H and O–H groups in total. The summed E-state index contributed by atoms with van der Waals surface area (Å²) < 4.78 is 0. The quantitative estimate of drug-likeness (QED) is 0.833. The van der Waals surface area contributed by atoms with E-state index in [0.717, 1.165) is 5.82 Å². The van der Waals surface area contributed by atoms with E-state index in [1.807, 2.05) is 6.07 Å². The van der Waals surface area contributed by atoms with E-state index in [1.165, 1.54) is 5.56 Å². The first-order valence-electron chi connectivity index (χ1n) is 4.63. The van der Waals surface area contributed by atoms with Crippen molar-refractivity contribution in [3.63, 3.8) is 0 Å². The van der Waals surface area contributed by atoms with Crippen LogP contribution in [0.3, 0.4) is 0 Å². The molecule has 2 aromatic heterocycles. The average Bonchev–Trinajstić information content (AvgIpc) is 2.74. The Balaban J connectivity index is 2.06. The summed E-state index contributed by atoms with van der Waals surface area (Å²) in [5.74, 6) is 1.17. The molecule has 0 saturated carbocycles. The minimum absolute atomic E-state index is 0.231. The highest BCUT2D eigenvalue weighted by molar-refractivity contribution is 7.07. The van der Waals surface area contributed by atoms with Crippen LogP contribution in [0.2, 0.25) is 0 Å². The molecule has 15 heavy (non-hydrogen) atoms. The molecule has 0 bridgehead atoms. The van der Waals surface area contributed by atoms with E-state index in [2.05, 4.69) is 39.3 Å². The Morgan fingerprint density at radius 3 is 2.80 bits per heavy atom. The molecular formula is C10H12N4S. The van der Waals surface area contributed by atoms with Gasteiger partial charge < -0.3 is 11.1 Å². The second kappa shape index (κ2) is 4.27. The van der Waals surface area contributed by atoms with Crippen molar-refractivity contribution in [3.05, 3.63) is 34.5 Å². The summed E-state index contributed by atoms with van der Waals surface area (Å²) in [6.07, 6.45) is 0. The topological polar surface area (TPSA) is 63.8 Å². The van der Waals surface area contributed by atoms with Crippen molar-refractivity contribution in [2.24, 2.45) is 0 Å². The summed E-state index contributed by atoms with van der Waals surface area (Å²) in [7, 11) is 0. The van der Waals surface area contributed by atoms with Gasteiger partial charge in [0.05, 0.1) is 6.04 Å². The van der Waals surface area contributed by atoms with Gasteiger partial charge in [0.1, 0.15) is 11.6 Å². The number of hydrogen-bond donors (Lipinski definition) is 2. The molecule has 4 nitrogen and oxygen atoms in total. The van der Waals surface area contributed by atoms with Gasteiger partial charge in [0.15, 0.2) is 0 Å². The largest absolute Gasteiger partial charge is 0.382 e. The van der Waals surface area contributed by atoms with Crippen LogP contribution >= 0.6 is 11.3 Å². The summed E-state index contributed by atoms with van der Waals surface area (Å²) in [6, 6.07) is 5.88. The van der Waals surface area contributed by atoms with E-state index in [4.69, 9.17) is 5.73 Å². The molecule has 0 saturated heterocycles. The van der Waals surface area contributed by atoms with Crippen molar-refractivity contribution < 1.29 is 0 Å².